The van der Waals surface area contributed by atoms with Crippen molar-refractivity contribution in [1.82, 2.24) is 0 Å². The standard InChI is InChI=1S/C13H16O3/c1-10(11-5-3-2-4-6-11)9-12(14)7-8-13(15)16/h2-6,10H,7-9H2,1H3,(H,15,16). The predicted octanol–water partition coefficient (Wildman–Crippen LogP) is 2.61. The number of ketones is 1. The molecule has 0 fully saturated rings. The number of hydrogen-bond acceptors (Lipinski definition) is 2. The van der Waals surface area contributed by atoms with E-state index in [-0.39, 0.29) is 24.5 Å². The van der Waals surface area contributed by atoms with E-state index in [9.17, 15) is 9.59 Å². The fourth-order valence-electron chi connectivity index (χ4n) is 1.59. The van der Waals surface area contributed by atoms with E-state index in [1.54, 1.807) is 0 Å². The average molecular weight is 220 g/mol. The minimum atomic E-state index is -0.916. The van der Waals surface area contributed by atoms with E-state index in [1.807, 2.05) is 37.3 Å². The summed E-state index contributed by atoms with van der Waals surface area (Å²) in [6.07, 6.45) is 0.476. The fourth-order valence-corrected chi connectivity index (χ4v) is 1.59. The van der Waals surface area contributed by atoms with Crippen LogP contribution in [0.4, 0.5) is 0 Å². The number of carboxylic acids is 1. The highest BCUT2D eigenvalue weighted by molar-refractivity contribution is 5.82. The van der Waals surface area contributed by atoms with Gasteiger partial charge in [0.15, 0.2) is 0 Å². The fraction of sp³-hybridized carbons (Fsp3) is 0.385. The Bertz CT molecular complexity index is 357. The molecule has 1 rings (SSSR count). The largest absolute Gasteiger partial charge is 0.481 e. The Balaban J connectivity index is 2.43. The topological polar surface area (TPSA) is 54.4 Å². The molecule has 16 heavy (non-hydrogen) atoms. The van der Waals surface area contributed by atoms with Crippen molar-refractivity contribution in [3.63, 3.8) is 0 Å². The lowest BCUT2D eigenvalue weighted by atomic mass is 9.94. The number of rotatable bonds is 6. The van der Waals surface area contributed by atoms with E-state index in [4.69, 9.17) is 5.11 Å². The van der Waals surface area contributed by atoms with Crippen molar-refractivity contribution in [2.75, 3.05) is 0 Å². The number of carboxylic acid groups (broad SMARTS) is 1. The first-order valence-electron chi connectivity index (χ1n) is 5.38. The van der Waals surface area contributed by atoms with E-state index < -0.39 is 5.97 Å². The van der Waals surface area contributed by atoms with Gasteiger partial charge < -0.3 is 5.11 Å². The van der Waals surface area contributed by atoms with Gasteiger partial charge in [-0.15, -0.1) is 0 Å². The van der Waals surface area contributed by atoms with Gasteiger partial charge in [0.25, 0.3) is 0 Å². The minimum Gasteiger partial charge on any atom is -0.481 e. The molecule has 0 spiro atoms. The van der Waals surface area contributed by atoms with Crippen molar-refractivity contribution in [3.8, 4) is 0 Å². The van der Waals surface area contributed by atoms with Crippen molar-refractivity contribution in [3.05, 3.63) is 35.9 Å². The van der Waals surface area contributed by atoms with E-state index in [2.05, 4.69) is 0 Å². The lowest BCUT2D eigenvalue weighted by molar-refractivity contribution is -0.138. The summed E-state index contributed by atoms with van der Waals surface area (Å²) < 4.78 is 0. The second-order valence-corrected chi connectivity index (χ2v) is 3.95. The summed E-state index contributed by atoms with van der Waals surface area (Å²) in [7, 11) is 0. The first kappa shape index (κ1) is 12.4. The number of aliphatic carboxylic acids is 1. The number of hydrogen-bond donors (Lipinski definition) is 1. The highest BCUT2D eigenvalue weighted by Crippen LogP contribution is 2.19. The normalized spacial score (nSPS) is 12.1. The van der Waals surface area contributed by atoms with Crippen molar-refractivity contribution >= 4 is 11.8 Å². The quantitative estimate of drug-likeness (QED) is 0.801. The number of Topliss-reactive ketones (excluding diaryl/α,β-unsaturated/α-hetero) is 1. The molecule has 0 saturated heterocycles. The monoisotopic (exact) mass is 220 g/mol. The van der Waals surface area contributed by atoms with Crippen LogP contribution < -0.4 is 0 Å². The molecule has 0 aromatic heterocycles. The maximum Gasteiger partial charge on any atom is 0.303 e. The van der Waals surface area contributed by atoms with Crippen LogP contribution in [-0.4, -0.2) is 16.9 Å². The molecule has 0 aliphatic carbocycles. The summed E-state index contributed by atoms with van der Waals surface area (Å²) in [5.74, 6) is -0.748. The molecule has 0 aliphatic rings. The van der Waals surface area contributed by atoms with Crippen LogP contribution in [0.1, 0.15) is 37.7 Å². The first-order chi connectivity index (χ1) is 7.59. The Labute approximate surface area is 95.1 Å². The lowest BCUT2D eigenvalue weighted by Gasteiger charge is -2.10. The third kappa shape index (κ3) is 4.26. The second kappa shape index (κ2) is 6.05. The summed E-state index contributed by atoms with van der Waals surface area (Å²) in [5.41, 5.74) is 1.12. The number of carbonyl (C=O) groups is 2. The molecule has 0 heterocycles. The van der Waals surface area contributed by atoms with Crippen LogP contribution in [0.15, 0.2) is 30.3 Å². The highest BCUT2D eigenvalue weighted by atomic mass is 16.4. The van der Waals surface area contributed by atoms with Crippen LogP contribution in [0.5, 0.6) is 0 Å². The van der Waals surface area contributed by atoms with E-state index in [0.29, 0.717) is 6.42 Å². The van der Waals surface area contributed by atoms with E-state index in [1.165, 1.54) is 0 Å². The van der Waals surface area contributed by atoms with Gasteiger partial charge in [-0.3, -0.25) is 9.59 Å². The van der Waals surface area contributed by atoms with E-state index >= 15 is 0 Å². The molecule has 0 radical (unpaired) electrons. The molecule has 3 nitrogen and oxygen atoms in total. The highest BCUT2D eigenvalue weighted by Gasteiger charge is 2.11. The Kier molecular flexibility index (Phi) is 4.70. The van der Waals surface area contributed by atoms with Crippen molar-refractivity contribution < 1.29 is 14.7 Å². The molecule has 0 saturated carbocycles. The van der Waals surface area contributed by atoms with Crippen LogP contribution in [0.3, 0.4) is 0 Å². The molecule has 86 valence electrons. The molecule has 1 atom stereocenters. The van der Waals surface area contributed by atoms with Crippen molar-refractivity contribution in [2.24, 2.45) is 0 Å². The van der Waals surface area contributed by atoms with Crippen LogP contribution in [-0.2, 0) is 9.59 Å². The first-order valence-corrected chi connectivity index (χ1v) is 5.38. The zero-order valence-corrected chi connectivity index (χ0v) is 9.35. The lowest BCUT2D eigenvalue weighted by Crippen LogP contribution is -2.07. The van der Waals surface area contributed by atoms with Gasteiger partial charge in [-0.1, -0.05) is 37.3 Å². The van der Waals surface area contributed by atoms with Crippen LogP contribution in [0, 0.1) is 0 Å². The number of benzene rings is 1. The van der Waals surface area contributed by atoms with Gasteiger partial charge in [0, 0.05) is 12.8 Å². The van der Waals surface area contributed by atoms with Gasteiger partial charge in [0.1, 0.15) is 5.78 Å². The molecule has 1 aromatic carbocycles. The van der Waals surface area contributed by atoms with Crippen LogP contribution in [0.2, 0.25) is 0 Å². The second-order valence-electron chi connectivity index (χ2n) is 3.95. The van der Waals surface area contributed by atoms with Gasteiger partial charge in [-0.2, -0.15) is 0 Å². The maximum absolute atomic E-state index is 11.5. The summed E-state index contributed by atoms with van der Waals surface area (Å²) >= 11 is 0. The predicted molar refractivity (Wildman–Crippen MR) is 61.4 cm³/mol. The maximum atomic E-state index is 11.5. The van der Waals surface area contributed by atoms with Crippen LogP contribution >= 0.6 is 0 Å². The van der Waals surface area contributed by atoms with Gasteiger partial charge in [0.05, 0.1) is 6.42 Å². The third-order valence-electron chi connectivity index (χ3n) is 2.52. The summed E-state index contributed by atoms with van der Waals surface area (Å²) in [5, 5.41) is 8.46. The van der Waals surface area contributed by atoms with Gasteiger partial charge >= 0.3 is 5.97 Å². The Hall–Kier alpha value is -1.64. The van der Waals surface area contributed by atoms with Gasteiger partial charge in [-0.25, -0.2) is 0 Å². The summed E-state index contributed by atoms with van der Waals surface area (Å²) in [6, 6.07) is 9.77. The summed E-state index contributed by atoms with van der Waals surface area (Å²) in [6.45, 7) is 1.98. The average Bonchev–Trinajstić information content (AvgIpc) is 2.27. The zero-order chi connectivity index (χ0) is 12.0. The van der Waals surface area contributed by atoms with Gasteiger partial charge in [-0.05, 0) is 11.5 Å². The number of carbonyl (C=O) groups excluding carboxylic acids is 1. The minimum absolute atomic E-state index is 0.0127. The zero-order valence-electron chi connectivity index (χ0n) is 9.35. The van der Waals surface area contributed by atoms with E-state index in [0.717, 1.165) is 5.56 Å². The molecule has 0 bridgehead atoms. The Morgan fingerprint density at radius 1 is 1.19 bits per heavy atom. The smallest absolute Gasteiger partial charge is 0.303 e. The Morgan fingerprint density at radius 2 is 1.81 bits per heavy atom. The Morgan fingerprint density at radius 3 is 2.38 bits per heavy atom. The van der Waals surface area contributed by atoms with Crippen molar-refractivity contribution in [2.45, 2.75) is 32.1 Å². The molecule has 0 amide bonds. The molecule has 1 aromatic rings. The van der Waals surface area contributed by atoms with Crippen LogP contribution in [0.25, 0.3) is 0 Å². The third-order valence-corrected chi connectivity index (χ3v) is 2.52. The molecule has 0 aliphatic heterocycles. The molecule has 1 N–H and O–H groups in total. The molecule has 3 heteroatoms. The molecular weight excluding hydrogens is 204 g/mol. The SMILES string of the molecule is CC(CC(=O)CCC(=O)O)c1ccccc1. The molecule has 1 unspecified atom stereocenters. The summed E-state index contributed by atoms with van der Waals surface area (Å²) in [4.78, 5) is 21.8. The van der Waals surface area contributed by atoms with Gasteiger partial charge in [0.2, 0.25) is 0 Å². The molecular formula is C13H16O3. The van der Waals surface area contributed by atoms with Crippen molar-refractivity contribution in [1.29, 1.82) is 0 Å².